The molecule has 0 radical (unpaired) electrons. The first-order valence-corrected chi connectivity index (χ1v) is 16.1. The highest BCUT2D eigenvalue weighted by Gasteiger charge is 2.36. The molecule has 0 heterocycles. The van der Waals surface area contributed by atoms with Gasteiger partial charge in [-0.1, -0.05) is 121 Å². The number of hydrogen-bond acceptors (Lipinski definition) is 5. The van der Waals surface area contributed by atoms with Crippen molar-refractivity contribution in [3.8, 4) is 0 Å². The molecule has 2 amide bonds. The van der Waals surface area contributed by atoms with Gasteiger partial charge in [0.2, 0.25) is 11.8 Å². The zero-order chi connectivity index (χ0) is 32.0. The maximum Gasteiger partial charge on any atom is 0.309 e. The summed E-state index contributed by atoms with van der Waals surface area (Å²) in [4.78, 5) is 46.3. The van der Waals surface area contributed by atoms with Gasteiger partial charge in [-0.05, 0) is 60.8 Å². The monoisotopic (exact) mass is 618 g/mol. The Labute approximate surface area is 271 Å². The maximum atomic E-state index is 14.1. The van der Waals surface area contributed by atoms with Crippen LogP contribution in [0, 0.1) is 17.8 Å². The zero-order valence-corrected chi connectivity index (χ0v) is 26.1. The molecule has 238 valence electrons. The average molecular weight is 619 g/mol. The lowest BCUT2D eigenvalue weighted by molar-refractivity contribution is -0.151. The lowest BCUT2D eigenvalue weighted by Crippen LogP contribution is -2.47. The SMILES string of the molecule is O=C(OCc1ccccc1)C1CCC(NC(=O)[C@H](Cc2ccccc2)[C@@H](Cc2ccccc2)C(=O)NOCc2ccccc2)CC1. The minimum Gasteiger partial charge on any atom is -0.461 e. The summed E-state index contributed by atoms with van der Waals surface area (Å²) in [6.45, 7) is 0.481. The van der Waals surface area contributed by atoms with Crippen LogP contribution in [-0.4, -0.2) is 23.8 Å². The van der Waals surface area contributed by atoms with Gasteiger partial charge in [0.05, 0.1) is 24.4 Å². The van der Waals surface area contributed by atoms with E-state index < -0.39 is 11.8 Å². The van der Waals surface area contributed by atoms with Gasteiger partial charge in [0.1, 0.15) is 6.61 Å². The number of rotatable bonds is 14. The summed E-state index contributed by atoms with van der Waals surface area (Å²) in [5, 5.41) is 3.25. The molecule has 4 aromatic rings. The molecule has 0 unspecified atom stereocenters. The van der Waals surface area contributed by atoms with Crippen LogP contribution < -0.4 is 10.8 Å². The Morgan fingerprint density at radius 3 is 1.50 bits per heavy atom. The van der Waals surface area contributed by atoms with E-state index in [-0.39, 0.29) is 43.0 Å². The first-order chi connectivity index (χ1) is 22.5. The smallest absolute Gasteiger partial charge is 0.309 e. The normalized spacial score (nSPS) is 17.3. The molecular formula is C39H42N2O5. The van der Waals surface area contributed by atoms with Crippen LogP contribution in [0.3, 0.4) is 0 Å². The highest BCUT2D eigenvalue weighted by Crippen LogP contribution is 2.28. The Morgan fingerprint density at radius 2 is 1.00 bits per heavy atom. The number of nitrogens with one attached hydrogen (secondary N) is 2. The van der Waals surface area contributed by atoms with E-state index in [4.69, 9.17) is 9.57 Å². The quantitative estimate of drug-likeness (QED) is 0.127. The molecule has 1 aliphatic carbocycles. The fraction of sp³-hybridized carbons (Fsp3) is 0.308. The predicted molar refractivity (Wildman–Crippen MR) is 177 cm³/mol. The number of esters is 1. The molecule has 5 rings (SSSR count). The third kappa shape index (κ3) is 9.88. The first kappa shape index (κ1) is 32.6. The molecule has 1 saturated carbocycles. The fourth-order valence-corrected chi connectivity index (χ4v) is 6.04. The molecule has 0 saturated heterocycles. The number of amides is 2. The third-order valence-corrected chi connectivity index (χ3v) is 8.64. The number of hydrogen-bond donors (Lipinski definition) is 2. The predicted octanol–water partition coefficient (Wildman–Crippen LogP) is 6.37. The third-order valence-electron chi connectivity index (χ3n) is 8.64. The second kappa shape index (κ2) is 17.1. The highest BCUT2D eigenvalue weighted by molar-refractivity contribution is 5.88. The van der Waals surface area contributed by atoms with Crippen molar-refractivity contribution in [2.75, 3.05) is 0 Å². The maximum absolute atomic E-state index is 14.1. The Kier molecular flexibility index (Phi) is 12.1. The largest absolute Gasteiger partial charge is 0.461 e. The summed E-state index contributed by atoms with van der Waals surface area (Å²) in [5.41, 5.74) is 6.48. The van der Waals surface area contributed by atoms with E-state index in [9.17, 15) is 14.4 Å². The van der Waals surface area contributed by atoms with Gasteiger partial charge in [-0.25, -0.2) is 5.48 Å². The molecule has 7 heteroatoms. The van der Waals surface area contributed by atoms with Gasteiger partial charge in [-0.3, -0.25) is 19.2 Å². The topological polar surface area (TPSA) is 93.7 Å². The molecule has 0 aromatic heterocycles. The first-order valence-electron chi connectivity index (χ1n) is 16.1. The van der Waals surface area contributed by atoms with Crippen LogP contribution in [0.5, 0.6) is 0 Å². The molecule has 2 atom stereocenters. The Balaban J connectivity index is 1.25. The van der Waals surface area contributed by atoms with E-state index in [1.54, 1.807) is 0 Å². The second-order valence-electron chi connectivity index (χ2n) is 12.0. The van der Waals surface area contributed by atoms with Crippen LogP contribution in [0.4, 0.5) is 0 Å². The fourth-order valence-electron chi connectivity index (χ4n) is 6.04. The van der Waals surface area contributed by atoms with E-state index in [1.807, 2.05) is 121 Å². The van der Waals surface area contributed by atoms with Crippen LogP contribution in [0.2, 0.25) is 0 Å². The molecule has 7 nitrogen and oxygen atoms in total. The van der Waals surface area contributed by atoms with E-state index >= 15 is 0 Å². The van der Waals surface area contributed by atoms with Crippen molar-refractivity contribution in [2.45, 2.75) is 57.8 Å². The summed E-state index contributed by atoms with van der Waals surface area (Å²) in [6.07, 6.45) is 3.41. The molecule has 46 heavy (non-hydrogen) atoms. The van der Waals surface area contributed by atoms with Gasteiger partial charge in [0, 0.05) is 6.04 Å². The van der Waals surface area contributed by atoms with Crippen LogP contribution >= 0.6 is 0 Å². The summed E-state index contributed by atoms with van der Waals surface area (Å²) >= 11 is 0. The van der Waals surface area contributed by atoms with Gasteiger partial charge in [-0.15, -0.1) is 0 Å². The lowest BCUT2D eigenvalue weighted by Gasteiger charge is -2.31. The van der Waals surface area contributed by atoms with Crippen molar-refractivity contribution in [1.82, 2.24) is 10.8 Å². The van der Waals surface area contributed by atoms with E-state index in [2.05, 4.69) is 10.8 Å². The molecular weight excluding hydrogens is 576 g/mol. The van der Waals surface area contributed by atoms with E-state index in [0.29, 0.717) is 38.5 Å². The number of carbonyl (C=O) groups excluding carboxylic acids is 3. The molecule has 0 spiro atoms. The van der Waals surface area contributed by atoms with Gasteiger partial charge in [-0.2, -0.15) is 0 Å². The van der Waals surface area contributed by atoms with Gasteiger partial charge >= 0.3 is 5.97 Å². The minimum atomic E-state index is -0.678. The number of benzene rings is 4. The van der Waals surface area contributed by atoms with Crippen LogP contribution in [-0.2, 0) is 50.0 Å². The van der Waals surface area contributed by atoms with Crippen LogP contribution in [0.1, 0.15) is 47.9 Å². The van der Waals surface area contributed by atoms with Crippen LogP contribution in [0.15, 0.2) is 121 Å². The van der Waals surface area contributed by atoms with Gasteiger partial charge < -0.3 is 10.1 Å². The summed E-state index contributed by atoms with van der Waals surface area (Å²) < 4.78 is 5.58. The van der Waals surface area contributed by atoms with Crippen molar-refractivity contribution in [3.05, 3.63) is 144 Å². The lowest BCUT2D eigenvalue weighted by atomic mass is 9.80. The average Bonchev–Trinajstić information content (AvgIpc) is 3.10. The number of carbonyl (C=O) groups is 3. The van der Waals surface area contributed by atoms with E-state index in [0.717, 1.165) is 22.3 Å². The number of ether oxygens (including phenoxy) is 1. The zero-order valence-electron chi connectivity index (χ0n) is 26.1. The minimum absolute atomic E-state index is 0.0845. The van der Waals surface area contributed by atoms with Crippen molar-refractivity contribution in [2.24, 2.45) is 17.8 Å². The summed E-state index contributed by atoms with van der Waals surface area (Å²) in [5.74, 6) is -2.20. The van der Waals surface area contributed by atoms with Gasteiger partial charge in [0.15, 0.2) is 0 Å². The van der Waals surface area contributed by atoms with Crippen molar-refractivity contribution in [3.63, 3.8) is 0 Å². The highest BCUT2D eigenvalue weighted by atomic mass is 16.6. The summed E-state index contributed by atoms with van der Waals surface area (Å²) in [6, 6.07) is 38.7. The molecule has 1 fully saturated rings. The second-order valence-corrected chi connectivity index (χ2v) is 12.0. The number of hydroxylamine groups is 1. The standard InChI is InChI=1S/C39H42N2O5/c42-37(40-34-23-21-33(22-24-34)39(44)45-27-31-17-9-3-10-18-31)35(25-29-13-5-1-6-14-29)36(26-30-15-7-2-8-16-30)38(43)41-46-28-32-19-11-4-12-20-32/h1-20,33-36H,21-28H2,(H,40,42)(H,41,43)/t33?,34?,35-,36-/m1/s1. The summed E-state index contributed by atoms with van der Waals surface area (Å²) in [7, 11) is 0. The van der Waals surface area contributed by atoms with Crippen LogP contribution in [0.25, 0.3) is 0 Å². The molecule has 2 N–H and O–H groups in total. The Bertz CT molecular complexity index is 1510. The molecule has 4 aromatic carbocycles. The Morgan fingerprint density at radius 1 is 0.565 bits per heavy atom. The Hall–Kier alpha value is -4.75. The molecule has 0 bridgehead atoms. The van der Waals surface area contributed by atoms with Crippen molar-refractivity contribution < 1.29 is 24.0 Å². The molecule has 1 aliphatic rings. The van der Waals surface area contributed by atoms with Crippen molar-refractivity contribution in [1.29, 1.82) is 0 Å². The van der Waals surface area contributed by atoms with Gasteiger partial charge in [0.25, 0.3) is 0 Å². The van der Waals surface area contributed by atoms with Crippen molar-refractivity contribution >= 4 is 17.8 Å². The molecule has 0 aliphatic heterocycles. The van der Waals surface area contributed by atoms with E-state index in [1.165, 1.54) is 0 Å².